The minimum absolute atomic E-state index is 0.0370. The van der Waals surface area contributed by atoms with Gasteiger partial charge in [-0.25, -0.2) is 9.18 Å². The van der Waals surface area contributed by atoms with Gasteiger partial charge in [0.05, 0.1) is 10.5 Å². The number of carbonyl (C=O) groups excluding carboxylic acids is 2. The van der Waals surface area contributed by atoms with Gasteiger partial charge in [-0.3, -0.25) is 14.9 Å². The number of anilines is 1. The van der Waals surface area contributed by atoms with Crippen LogP contribution in [0.5, 0.6) is 0 Å². The topological polar surface area (TPSA) is 98.5 Å². The zero-order valence-electron chi connectivity index (χ0n) is 13.6. The summed E-state index contributed by atoms with van der Waals surface area (Å²) in [6, 6.07) is 9.18. The molecular weight excluding hydrogens is 343 g/mol. The molecule has 7 nitrogen and oxygen atoms in total. The fourth-order valence-corrected chi connectivity index (χ4v) is 2.34. The summed E-state index contributed by atoms with van der Waals surface area (Å²) in [6.07, 6.45) is 1.90. The van der Waals surface area contributed by atoms with E-state index in [9.17, 15) is 24.1 Å². The second kappa shape index (κ2) is 7.30. The standard InChI is InChI=1S/C18H15FN2O5/c19-13-3-1-2-11(8-13)17(22)10-26-18(23)12-4-7-15(20-14-5-6-14)16(9-12)21(24)25/h1-4,7-9,14,20H,5-6,10H2. The first kappa shape index (κ1) is 17.5. The molecule has 0 saturated heterocycles. The Hall–Kier alpha value is -3.29. The number of halogens is 1. The average molecular weight is 358 g/mol. The third-order valence-corrected chi connectivity index (χ3v) is 3.85. The third kappa shape index (κ3) is 4.21. The maximum absolute atomic E-state index is 13.1. The number of hydrogen-bond acceptors (Lipinski definition) is 6. The number of carbonyl (C=O) groups is 2. The summed E-state index contributed by atoms with van der Waals surface area (Å²) in [5.74, 6) is -2.01. The molecule has 0 atom stereocenters. The predicted octanol–water partition coefficient (Wildman–Crippen LogP) is 3.35. The molecule has 0 unspecified atom stereocenters. The maximum Gasteiger partial charge on any atom is 0.338 e. The van der Waals surface area contributed by atoms with Gasteiger partial charge in [0, 0.05) is 17.7 Å². The van der Waals surface area contributed by atoms with Crippen LogP contribution in [0.2, 0.25) is 0 Å². The molecule has 0 aromatic heterocycles. The highest BCUT2D eigenvalue weighted by Crippen LogP contribution is 2.31. The molecule has 3 rings (SSSR count). The lowest BCUT2D eigenvalue weighted by atomic mass is 10.1. The minimum atomic E-state index is -0.865. The van der Waals surface area contributed by atoms with Crippen LogP contribution in [0.4, 0.5) is 15.8 Å². The monoisotopic (exact) mass is 358 g/mol. The molecule has 134 valence electrons. The number of rotatable bonds is 7. The second-order valence-corrected chi connectivity index (χ2v) is 5.92. The van der Waals surface area contributed by atoms with Gasteiger partial charge in [0.1, 0.15) is 11.5 Å². The van der Waals surface area contributed by atoms with Crippen LogP contribution in [0.15, 0.2) is 42.5 Å². The number of ether oxygens (including phenoxy) is 1. The molecule has 0 radical (unpaired) electrons. The Balaban J connectivity index is 1.68. The van der Waals surface area contributed by atoms with Gasteiger partial charge in [-0.05, 0) is 37.1 Å². The molecule has 26 heavy (non-hydrogen) atoms. The SMILES string of the molecule is O=C(COC(=O)c1ccc(NC2CC2)c([N+](=O)[O-])c1)c1cccc(F)c1. The fourth-order valence-electron chi connectivity index (χ4n) is 2.34. The Bertz CT molecular complexity index is 880. The summed E-state index contributed by atoms with van der Waals surface area (Å²) < 4.78 is 18.0. The summed E-state index contributed by atoms with van der Waals surface area (Å²) >= 11 is 0. The second-order valence-electron chi connectivity index (χ2n) is 5.92. The van der Waals surface area contributed by atoms with Crippen LogP contribution in [-0.4, -0.2) is 29.3 Å². The summed E-state index contributed by atoms with van der Waals surface area (Å²) in [4.78, 5) is 34.6. The average Bonchev–Trinajstić information content (AvgIpc) is 3.43. The molecule has 1 aliphatic rings. The van der Waals surface area contributed by atoms with E-state index >= 15 is 0 Å². The van der Waals surface area contributed by atoms with Crippen molar-refractivity contribution in [1.82, 2.24) is 0 Å². The van der Waals surface area contributed by atoms with Crippen LogP contribution in [0.1, 0.15) is 33.6 Å². The van der Waals surface area contributed by atoms with Crippen molar-refractivity contribution in [3.63, 3.8) is 0 Å². The van der Waals surface area contributed by atoms with E-state index in [-0.39, 0.29) is 22.9 Å². The van der Waals surface area contributed by atoms with E-state index in [2.05, 4.69) is 5.32 Å². The number of esters is 1. The van der Waals surface area contributed by atoms with Crippen molar-refractivity contribution in [1.29, 1.82) is 0 Å². The summed E-state index contributed by atoms with van der Waals surface area (Å²) in [5.41, 5.74) is 0.144. The first-order valence-corrected chi connectivity index (χ1v) is 7.95. The van der Waals surface area contributed by atoms with Crippen LogP contribution in [0, 0.1) is 15.9 Å². The van der Waals surface area contributed by atoms with E-state index in [1.54, 1.807) is 0 Å². The Morgan fingerprint density at radius 1 is 1.19 bits per heavy atom. The molecule has 8 heteroatoms. The number of nitro benzene ring substituents is 1. The van der Waals surface area contributed by atoms with Crippen LogP contribution >= 0.6 is 0 Å². The van der Waals surface area contributed by atoms with E-state index in [4.69, 9.17) is 4.74 Å². The fraction of sp³-hybridized carbons (Fsp3) is 0.222. The lowest BCUT2D eigenvalue weighted by molar-refractivity contribution is -0.384. The molecule has 0 heterocycles. The lowest BCUT2D eigenvalue weighted by Gasteiger charge is -2.08. The number of nitro groups is 1. The quantitative estimate of drug-likeness (QED) is 0.353. The Labute approximate surface area is 147 Å². The van der Waals surface area contributed by atoms with Gasteiger partial charge in [0.25, 0.3) is 5.69 Å². The number of Topliss-reactive ketones (excluding diaryl/α,β-unsaturated/α-hetero) is 1. The largest absolute Gasteiger partial charge is 0.454 e. The van der Waals surface area contributed by atoms with Crippen molar-refractivity contribution in [3.8, 4) is 0 Å². The number of ketones is 1. The molecule has 0 bridgehead atoms. The highest BCUT2D eigenvalue weighted by atomic mass is 19.1. The van der Waals surface area contributed by atoms with Crippen molar-refractivity contribution in [2.75, 3.05) is 11.9 Å². The van der Waals surface area contributed by atoms with Gasteiger partial charge in [-0.15, -0.1) is 0 Å². The van der Waals surface area contributed by atoms with Crippen LogP contribution in [-0.2, 0) is 4.74 Å². The van der Waals surface area contributed by atoms with Gasteiger partial charge in [-0.1, -0.05) is 12.1 Å². The molecule has 0 aliphatic heterocycles. The normalized spacial score (nSPS) is 13.1. The number of nitrogens with zero attached hydrogens (tertiary/aromatic N) is 1. The van der Waals surface area contributed by atoms with Gasteiger partial charge in [0.2, 0.25) is 0 Å². The number of benzene rings is 2. The number of nitrogens with one attached hydrogen (secondary N) is 1. The molecule has 1 N–H and O–H groups in total. The summed E-state index contributed by atoms with van der Waals surface area (Å²) in [7, 11) is 0. The van der Waals surface area contributed by atoms with Gasteiger partial charge in [0.15, 0.2) is 12.4 Å². The van der Waals surface area contributed by atoms with Crippen molar-refractivity contribution in [3.05, 3.63) is 69.5 Å². The first-order valence-electron chi connectivity index (χ1n) is 7.95. The highest BCUT2D eigenvalue weighted by molar-refractivity contribution is 5.99. The van der Waals surface area contributed by atoms with Crippen LogP contribution < -0.4 is 5.32 Å². The molecule has 1 saturated carbocycles. The Kier molecular flexibility index (Phi) is 4.92. The molecule has 2 aromatic rings. The maximum atomic E-state index is 13.1. The van der Waals surface area contributed by atoms with Crippen LogP contribution in [0.3, 0.4) is 0 Å². The minimum Gasteiger partial charge on any atom is -0.454 e. The van der Waals surface area contributed by atoms with E-state index in [0.29, 0.717) is 5.69 Å². The molecule has 1 aliphatic carbocycles. The van der Waals surface area contributed by atoms with Gasteiger partial charge >= 0.3 is 5.97 Å². The van der Waals surface area contributed by atoms with E-state index in [1.807, 2.05) is 0 Å². The van der Waals surface area contributed by atoms with Crippen molar-refractivity contribution >= 4 is 23.1 Å². The zero-order valence-corrected chi connectivity index (χ0v) is 13.6. The lowest BCUT2D eigenvalue weighted by Crippen LogP contribution is -2.15. The smallest absolute Gasteiger partial charge is 0.338 e. The molecule has 2 aromatic carbocycles. The molecule has 1 fully saturated rings. The third-order valence-electron chi connectivity index (χ3n) is 3.85. The van der Waals surface area contributed by atoms with Crippen molar-refractivity contribution < 1.29 is 23.6 Å². The summed E-state index contributed by atoms with van der Waals surface area (Å²) in [5, 5.41) is 14.2. The highest BCUT2D eigenvalue weighted by Gasteiger charge is 2.26. The molecule has 0 spiro atoms. The van der Waals surface area contributed by atoms with Crippen LogP contribution in [0.25, 0.3) is 0 Å². The van der Waals surface area contributed by atoms with E-state index in [0.717, 1.165) is 25.0 Å². The first-order chi connectivity index (χ1) is 12.4. The van der Waals surface area contributed by atoms with E-state index < -0.39 is 29.1 Å². The zero-order chi connectivity index (χ0) is 18.7. The van der Waals surface area contributed by atoms with E-state index in [1.165, 1.54) is 30.3 Å². The van der Waals surface area contributed by atoms with Gasteiger partial charge < -0.3 is 10.1 Å². The van der Waals surface area contributed by atoms with Crippen molar-refractivity contribution in [2.45, 2.75) is 18.9 Å². The molecular formula is C18H15FN2O5. The van der Waals surface area contributed by atoms with Gasteiger partial charge in [-0.2, -0.15) is 0 Å². The van der Waals surface area contributed by atoms with Crippen molar-refractivity contribution in [2.24, 2.45) is 0 Å². The summed E-state index contributed by atoms with van der Waals surface area (Å²) in [6.45, 7) is -0.585. The molecule has 0 amide bonds. The predicted molar refractivity (Wildman–Crippen MR) is 90.8 cm³/mol. The Morgan fingerprint density at radius 3 is 2.62 bits per heavy atom. The number of hydrogen-bond donors (Lipinski definition) is 1. The Morgan fingerprint density at radius 2 is 1.96 bits per heavy atom.